The molecule has 3 aromatic rings. The Hall–Kier alpha value is -2.05. The van der Waals surface area contributed by atoms with Crippen molar-refractivity contribution in [2.45, 2.75) is 0 Å². The predicted octanol–water partition coefficient (Wildman–Crippen LogP) is 3.69. The molecule has 0 atom stereocenters. The zero-order valence-electron chi connectivity index (χ0n) is 10.5. The average molecular weight is 364 g/mol. The Bertz CT molecular complexity index is 823. The van der Waals surface area contributed by atoms with E-state index < -0.39 is 0 Å². The number of anilines is 1. The molecular formula is C14H8BrClN4O. The van der Waals surface area contributed by atoms with E-state index in [0.29, 0.717) is 21.5 Å². The van der Waals surface area contributed by atoms with Crippen LogP contribution < -0.4 is 5.32 Å². The summed E-state index contributed by atoms with van der Waals surface area (Å²) in [6.07, 6.45) is 2.97. The van der Waals surface area contributed by atoms with Gasteiger partial charge in [0.15, 0.2) is 5.82 Å². The van der Waals surface area contributed by atoms with Crippen LogP contribution >= 0.6 is 27.5 Å². The van der Waals surface area contributed by atoms with Crippen molar-refractivity contribution in [1.82, 2.24) is 15.0 Å². The van der Waals surface area contributed by atoms with Gasteiger partial charge in [0.25, 0.3) is 5.91 Å². The molecule has 7 heteroatoms. The molecule has 0 saturated heterocycles. The highest BCUT2D eigenvalue weighted by Gasteiger charge is 2.13. The summed E-state index contributed by atoms with van der Waals surface area (Å²) in [6, 6.07) is 8.84. The van der Waals surface area contributed by atoms with Gasteiger partial charge < -0.3 is 5.32 Å². The van der Waals surface area contributed by atoms with Crippen molar-refractivity contribution in [1.29, 1.82) is 0 Å². The highest BCUT2D eigenvalue weighted by Crippen LogP contribution is 2.21. The van der Waals surface area contributed by atoms with Gasteiger partial charge in [-0.2, -0.15) is 0 Å². The maximum Gasteiger partial charge on any atom is 0.257 e. The van der Waals surface area contributed by atoms with E-state index in [2.05, 4.69) is 36.2 Å². The van der Waals surface area contributed by atoms with Crippen LogP contribution in [0.1, 0.15) is 10.4 Å². The first-order valence-electron chi connectivity index (χ1n) is 5.97. The number of halogens is 2. The Kier molecular flexibility index (Phi) is 3.81. The standard InChI is InChI=1S/C14H8BrClN4O/c15-11-6-18-13(7-17-11)20-14(21)9-5-12(16)19-10-4-2-1-3-8(9)10/h1-7H,(H,18,20,21). The lowest BCUT2D eigenvalue weighted by Crippen LogP contribution is -2.14. The Balaban J connectivity index is 1.99. The van der Waals surface area contributed by atoms with Gasteiger partial charge in [-0.15, -0.1) is 0 Å². The van der Waals surface area contributed by atoms with E-state index in [9.17, 15) is 4.79 Å². The lowest BCUT2D eigenvalue weighted by molar-refractivity contribution is 0.102. The number of nitrogens with zero attached hydrogens (tertiary/aromatic N) is 3. The van der Waals surface area contributed by atoms with E-state index in [0.717, 1.165) is 5.39 Å². The summed E-state index contributed by atoms with van der Waals surface area (Å²) >= 11 is 9.15. The normalized spacial score (nSPS) is 10.6. The smallest absolute Gasteiger partial charge is 0.257 e. The fourth-order valence-corrected chi connectivity index (χ4v) is 2.30. The van der Waals surface area contributed by atoms with E-state index >= 15 is 0 Å². The first-order valence-corrected chi connectivity index (χ1v) is 7.15. The van der Waals surface area contributed by atoms with Crippen molar-refractivity contribution in [3.63, 3.8) is 0 Å². The first kappa shape index (κ1) is 13.9. The maximum atomic E-state index is 12.4. The zero-order chi connectivity index (χ0) is 14.8. The van der Waals surface area contributed by atoms with Crippen molar-refractivity contribution in [3.8, 4) is 0 Å². The van der Waals surface area contributed by atoms with Crippen molar-refractivity contribution in [2.24, 2.45) is 0 Å². The Morgan fingerprint density at radius 3 is 2.76 bits per heavy atom. The molecule has 0 bridgehead atoms. The third-order valence-electron chi connectivity index (χ3n) is 2.79. The molecule has 1 N–H and O–H groups in total. The number of pyridine rings is 1. The number of carbonyl (C=O) groups excluding carboxylic acids is 1. The number of hydrogen-bond donors (Lipinski definition) is 1. The van der Waals surface area contributed by atoms with Crippen LogP contribution in [0.25, 0.3) is 10.9 Å². The summed E-state index contributed by atoms with van der Waals surface area (Å²) in [6.45, 7) is 0. The molecule has 0 aliphatic carbocycles. The molecule has 0 fully saturated rings. The van der Waals surface area contributed by atoms with Gasteiger partial charge in [0.05, 0.1) is 23.5 Å². The van der Waals surface area contributed by atoms with E-state index in [1.54, 1.807) is 6.07 Å². The van der Waals surface area contributed by atoms with Crippen LogP contribution in [-0.2, 0) is 0 Å². The molecule has 3 rings (SSSR count). The van der Waals surface area contributed by atoms with Gasteiger partial charge in [-0.25, -0.2) is 15.0 Å². The molecule has 0 radical (unpaired) electrons. The second-order valence-corrected chi connectivity index (χ2v) is 5.39. The maximum absolute atomic E-state index is 12.4. The quantitative estimate of drug-likeness (QED) is 0.705. The molecule has 5 nitrogen and oxygen atoms in total. The lowest BCUT2D eigenvalue weighted by atomic mass is 10.1. The van der Waals surface area contributed by atoms with Crippen LogP contribution in [0.3, 0.4) is 0 Å². The van der Waals surface area contributed by atoms with Crippen LogP contribution in [0.4, 0.5) is 5.82 Å². The number of carbonyl (C=O) groups is 1. The van der Waals surface area contributed by atoms with Gasteiger partial charge in [-0.3, -0.25) is 4.79 Å². The van der Waals surface area contributed by atoms with Crippen LogP contribution in [0, 0.1) is 0 Å². The van der Waals surface area contributed by atoms with Gasteiger partial charge in [-0.1, -0.05) is 29.8 Å². The van der Waals surface area contributed by atoms with Gasteiger partial charge >= 0.3 is 0 Å². The molecule has 1 aromatic carbocycles. The number of nitrogens with one attached hydrogen (secondary N) is 1. The molecule has 0 unspecified atom stereocenters. The summed E-state index contributed by atoms with van der Waals surface area (Å²) in [5.74, 6) is 0.0485. The van der Waals surface area contributed by atoms with E-state index in [1.165, 1.54) is 18.5 Å². The third-order valence-corrected chi connectivity index (χ3v) is 3.39. The van der Waals surface area contributed by atoms with Crippen molar-refractivity contribution < 1.29 is 4.79 Å². The first-order chi connectivity index (χ1) is 10.1. The van der Waals surface area contributed by atoms with Gasteiger partial charge in [0.1, 0.15) is 9.76 Å². The molecular weight excluding hydrogens is 356 g/mol. The number of rotatable bonds is 2. The minimum Gasteiger partial charge on any atom is -0.305 e. The topological polar surface area (TPSA) is 67.8 Å². The molecule has 1 amide bonds. The molecule has 21 heavy (non-hydrogen) atoms. The van der Waals surface area contributed by atoms with Crippen molar-refractivity contribution in [3.05, 3.63) is 58.0 Å². The number of aromatic nitrogens is 3. The molecule has 0 spiro atoms. The van der Waals surface area contributed by atoms with Gasteiger partial charge in [-0.05, 0) is 28.1 Å². The van der Waals surface area contributed by atoms with Gasteiger partial charge in [0, 0.05) is 5.39 Å². The SMILES string of the molecule is O=C(Nc1cnc(Br)cn1)c1cc(Cl)nc2ccccc12. The number of fused-ring (bicyclic) bond motifs is 1. The Labute approximate surface area is 133 Å². The summed E-state index contributed by atoms with van der Waals surface area (Å²) in [4.78, 5) is 24.6. The monoisotopic (exact) mass is 362 g/mol. The van der Waals surface area contributed by atoms with Crippen LogP contribution in [0.2, 0.25) is 5.15 Å². The van der Waals surface area contributed by atoms with Gasteiger partial charge in [0.2, 0.25) is 0 Å². The summed E-state index contributed by atoms with van der Waals surface area (Å²) < 4.78 is 0.595. The minimum absolute atomic E-state index is 0.265. The average Bonchev–Trinajstić information content (AvgIpc) is 2.48. The molecule has 0 aliphatic heterocycles. The second kappa shape index (κ2) is 5.75. The second-order valence-electron chi connectivity index (χ2n) is 4.19. The third kappa shape index (κ3) is 3.01. The minimum atomic E-state index is -0.313. The lowest BCUT2D eigenvalue weighted by Gasteiger charge is -2.07. The molecule has 2 heterocycles. The van der Waals surface area contributed by atoms with Crippen molar-refractivity contribution >= 4 is 50.2 Å². The highest BCUT2D eigenvalue weighted by atomic mass is 79.9. The number of para-hydroxylation sites is 1. The summed E-state index contributed by atoms with van der Waals surface area (Å²) in [5.41, 5.74) is 1.10. The fourth-order valence-electron chi connectivity index (χ4n) is 1.89. The summed E-state index contributed by atoms with van der Waals surface area (Å²) in [5, 5.41) is 3.68. The molecule has 0 aliphatic rings. The fraction of sp³-hybridized carbons (Fsp3) is 0. The van der Waals surface area contributed by atoms with Crippen LogP contribution in [0.15, 0.2) is 47.3 Å². The number of hydrogen-bond acceptors (Lipinski definition) is 4. The largest absolute Gasteiger partial charge is 0.305 e. The number of amides is 1. The molecule has 2 aromatic heterocycles. The summed E-state index contributed by atoms with van der Waals surface area (Å²) in [7, 11) is 0. The van der Waals surface area contributed by atoms with E-state index in [-0.39, 0.29) is 11.1 Å². The predicted molar refractivity (Wildman–Crippen MR) is 84.4 cm³/mol. The van der Waals surface area contributed by atoms with Crippen LogP contribution in [-0.4, -0.2) is 20.9 Å². The zero-order valence-corrected chi connectivity index (χ0v) is 12.9. The Morgan fingerprint density at radius 2 is 2.00 bits per heavy atom. The van der Waals surface area contributed by atoms with E-state index in [1.807, 2.05) is 18.2 Å². The van der Waals surface area contributed by atoms with Crippen molar-refractivity contribution in [2.75, 3.05) is 5.32 Å². The van der Waals surface area contributed by atoms with Crippen LogP contribution in [0.5, 0.6) is 0 Å². The highest BCUT2D eigenvalue weighted by molar-refractivity contribution is 9.10. The Morgan fingerprint density at radius 1 is 1.19 bits per heavy atom. The molecule has 104 valence electrons. The molecule has 0 saturated carbocycles. The number of benzene rings is 1. The van der Waals surface area contributed by atoms with E-state index in [4.69, 9.17) is 11.6 Å².